The minimum Gasteiger partial charge on any atom is -0.486 e. The first-order chi connectivity index (χ1) is 18.6. The molecule has 0 unspecified atom stereocenters. The third-order valence-electron chi connectivity index (χ3n) is 6.96. The summed E-state index contributed by atoms with van der Waals surface area (Å²) >= 11 is 0. The van der Waals surface area contributed by atoms with E-state index in [2.05, 4.69) is 16.8 Å². The molecule has 196 valence electrons. The van der Waals surface area contributed by atoms with E-state index >= 15 is 4.39 Å². The number of methoxy groups -OCH3 is 1. The molecule has 0 amide bonds. The lowest BCUT2D eigenvalue weighted by Gasteiger charge is -2.17. The molecular formula is C31H30FNO5. The number of aromatic nitrogens is 1. The van der Waals surface area contributed by atoms with Crippen molar-refractivity contribution >= 4 is 5.97 Å². The maximum atomic E-state index is 15.0. The second-order valence-electron chi connectivity index (χ2n) is 9.41. The lowest BCUT2D eigenvalue weighted by atomic mass is 9.96. The maximum Gasteiger partial charge on any atom is 0.307 e. The Morgan fingerprint density at radius 2 is 1.92 bits per heavy atom. The van der Waals surface area contributed by atoms with Crippen LogP contribution in [0.25, 0.3) is 11.3 Å². The zero-order valence-electron chi connectivity index (χ0n) is 21.5. The number of fused-ring (bicyclic) bond motifs is 1. The van der Waals surface area contributed by atoms with E-state index in [4.69, 9.17) is 18.9 Å². The van der Waals surface area contributed by atoms with Gasteiger partial charge in [-0.1, -0.05) is 18.1 Å². The fraction of sp³-hybridized carbons (Fsp3) is 0.355. The molecular weight excluding hydrogens is 485 g/mol. The molecule has 0 saturated carbocycles. The zero-order chi connectivity index (χ0) is 26.5. The van der Waals surface area contributed by atoms with E-state index in [0.29, 0.717) is 36.5 Å². The number of esters is 1. The van der Waals surface area contributed by atoms with Gasteiger partial charge in [-0.05, 0) is 67.3 Å². The van der Waals surface area contributed by atoms with Gasteiger partial charge in [0.25, 0.3) is 0 Å². The highest BCUT2D eigenvalue weighted by molar-refractivity contribution is 5.71. The van der Waals surface area contributed by atoms with Gasteiger partial charge in [-0.25, -0.2) is 4.39 Å². The van der Waals surface area contributed by atoms with Gasteiger partial charge in [0.1, 0.15) is 29.5 Å². The molecule has 0 N–H and O–H groups in total. The predicted octanol–water partition coefficient (Wildman–Crippen LogP) is 5.79. The Labute approximate surface area is 222 Å². The Balaban J connectivity index is 1.32. The van der Waals surface area contributed by atoms with E-state index in [-0.39, 0.29) is 30.2 Å². The zero-order valence-corrected chi connectivity index (χ0v) is 21.5. The summed E-state index contributed by atoms with van der Waals surface area (Å²) < 4.78 is 37.4. The van der Waals surface area contributed by atoms with Crippen molar-refractivity contribution in [3.8, 4) is 34.6 Å². The molecule has 1 fully saturated rings. The fourth-order valence-electron chi connectivity index (χ4n) is 5.06. The molecule has 7 heteroatoms. The second-order valence-corrected chi connectivity index (χ2v) is 9.41. The van der Waals surface area contributed by atoms with Gasteiger partial charge in [0.15, 0.2) is 0 Å². The van der Waals surface area contributed by atoms with Gasteiger partial charge < -0.3 is 18.9 Å². The number of halogens is 1. The summed E-state index contributed by atoms with van der Waals surface area (Å²) in [6, 6.07) is 14.5. The molecule has 6 nitrogen and oxygen atoms in total. The summed E-state index contributed by atoms with van der Waals surface area (Å²) in [7, 11) is 1.37. The van der Waals surface area contributed by atoms with E-state index in [9.17, 15) is 4.79 Å². The largest absolute Gasteiger partial charge is 0.486 e. The number of nitrogens with zero attached hydrogens (tertiary/aromatic N) is 1. The van der Waals surface area contributed by atoms with Gasteiger partial charge >= 0.3 is 5.97 Å². The van der Waals surface area contributed by atoms with Crippen LogP contribution >= 0.6 is 0 Å². The lowest BCUT2D eigenvalue weighted by molar-refractivity contribution is -0.140. The monoisotopic (exact) mass is 515 g/mol. The highest BCUT2D eigenvalue weighted by atomic mass is 19.1. The summed E-state index contributed by atoms with van der Waals surface area (Å²) in [4.78, 5) is 16.4. The second kappa shape index (κ2) is 11.7. The van der Waals surface area contributed by atoms with Crippen LogP contribution in [0.15, 0.2) is 54.7 Å². The molecule has 1 aromatic heterocycles. The van der Waals surface area contributed by atoms with E-state index < -0.39 is 6.10 Å². The van der Waals surface area contributed by atoms with Crippen molar-refractivity contribution in [1.82, 2.24) is 4.98 Å². The van der Waals surface area contributed by atoms with Crippen LogP contribution in [0.1, 0.15) is 54.9 Å². The van der Waals surface area contributed by atoms with Gasteiger partial charge in [-0.3, -0.25) is 9.78 Å². The first kappa shape index (κ1) is 25.7. The molecule has 0 spiro atoms. The normalized spacial score (nSPS) is 18.7. The first-order valence-corrected chi connectivity index (χ1v) is 12.8. The molecule has 3 atom stereocenters. The minimum absolute atomic E-state index is 0.0583. The molecule has 1 saturated heterocycles. The number of carbonyl (C=O) groups is 1. The summed E-state index contributed by atoms with van der Waals surface area (Å²) in [6.07, 6.45) is 3.78. The van der Waals surface area contributed by atoms with Crippen LogP contribution in [0.5, 0.6) is 11.5 Å². The van der Waals surface area contributed by atoms with E-state index in [1.165, 1.54) is 13.2 Å². The Morgan fingerprint density at radius 1 is 1.11 bits per heavy atom. The SMILES string of the molecule is CC#C[C@@H](CC(=O)OC)c1ccc(O[C@@H]2CCc3c(-c4ccc(O[C@@H]5CCOC5)cn4)ccc(F)c32)cc1. The van der Waals surface area contributed by atoms with Crippen molar-refractivity contribution in [2.24, 2.45) is 0 Å². The van der Waals surface area contributed by atoms with Crippen LogP contribution in [0.2, 0.25) is 0 Å². The molecule has 38 heavy (non-hydrogen) atoms. The first-order valence-electron chi connectivity index (χ1n) is 12.8. The van der Waals surface area contributed by atoms with Crippen LogP contribution in [-0.4, -0.2) is 37.4 Å². The molecule has 2 aromatic carbocycles. The quantitative estimate of drug-likeness (QED) is 0.279. The molecule has 1 aliphatic carbocycles. The Morgan fingerprint density at radius 3 is 2.61 bits per heavy atom. The number of ether oxygens (including phenoxy) is 4. The summed E-state index contributed by atoms with van der Waals surface area (Å²) in [5.74, 6) is 6.42. The molecule has 0 bridgehead atoms. The van der Waals surface area contributed by atoms with E-state index in [1.54, 1.807) is 19.2 Å². The number of hydrogen-bond acceptors (Lipinski definition) is 6. The molecule has 5 rings (SSSR count). The lowest BCUT2D eigenvalue weighted by Crippen LogP contribution is -2.15. The van der Waals surface area contributed by atoms with Gasteiger partial charge in [-0.2, -0.15) is 0 Å². The van der Waals surface area contributed by atoms with Crippen molar-refractivity contribution in [2.45, 2.75) is 50.7 Å². The van der Waals surface area contributed by atoms with Gasteiger partial charge in [0, 0.05) is 17.5 Å². The molecule has 0 radical (unpaired) electrons. The molecule has 3 aromatic rings. The number of carbonyl (C=O) groups excluding carboxylic acids is 1. The summed E-state index contributed by atoms with van der Waals surface area (Å²) in [5, 5.41) is 0. The summed E-state index contributed by atoms with van der Waals surface area (Å²) in [5.41, 5.74) is 4.08. The van der Waals surface area contributed by atoms with Crippen LogP contribution < -0.4 is 9.47 Å². The number of benzene rings is 2. The van der Waals surface area contributed by atoms with Crippen LogP contribution in [0.4, 0.5) is 4.39 Å². The Hall–Kier alpha value is -3.89. The van der Waals surface area contributed by atoms with Crippen molar-refractivity contribution in [1.29, 1.82) is 0 Å². The van der Waals surface area contributed by atoms with E-state index in [0.717, 1.165) is 35.4 Å². The van der Waals surface area contributed by atoms with Crippen molar-refractivity contribution in [3.63, 3.8) is 0 Å². The maximum absolute atomic E-state index is 15.0. The van der Waals surface area contributed by atoms with Crippen LogP contribution in [0.3, 0.4) is 0 Å². The number of rotatable bonds is 8. The van der Waals surface area contributed by atoms with Crippen LogP contribution in [0, 0.1) is 17.7 Å². The van der Waals surface area contributed by atoms with Crippen molar-refractivity contribution in [3.05, 3.63) is 77.2 Å². The standard InChI is InChI=1S/C31H30FNO5/c1-3-4-21(17-30(34)35-2)20-5-7-22(8-6-20)38-29-14-11-26-25(10-12-27(32)31(26)29)28-13-9-23(18-33-28)37-24-15-16-36-19-24/h5-10,12-13,18,21,24,29H,11,14-17,19H2,1-2H3/t21-,24+,29+/m0/s1. The van der Waals surface area contributed by atoms with Crippen LogP contribution in [-0.2, 0) is 20.7 Å². The Kier molecular flexibility index (Phi) is 7.90. The molecule has 1 aliphatic heterocycles. The highest BCUT2D eigenvalue weighted by Gasteiger charge is 2.30. The van der Waals surface area contributed by atoms with Crippen molar-refractivity contribution < 1.29 is 28.1 Å². The third kappa shape index (κ3) is 5.66. The highest BCUT2D eigenvalue weighted by Crippen LogP contribution is 2.41. The van der Waals surface area contributed by atoms with E-state index in [1.807, 2.05) is 36.4 Å². The number of hydrogen-bond donors (Lipinski definition) is 0. The van der Waals surface area contributed by atoms with Gasteiger partial charge in [0.2, 0.25) is 0 Å². The van der Waals surface area contributed by atoms with Gasteiger partial charge in [-0.15, -0.1) is 5.92 Å². The summed E-state index contributed by atoms with van der Waals surface area (Å²) in [6.45, 7) is 3.05. The van der Waals surface area contributed by atoms with Crippen molar-refractivity contribution in [2.75, 3.05) is 20.3 Å². The Bertz CT molecular complexity index is 1340. The fourth-order valence-corrected chi connectivity index (χ4v) is 5.06. The average Bonchev–Trinajstić information content (AvgIpc) is 3.60. The molecule has 2 aliphatic rings. The number of pyridine rings is 1. The van der Waals surface area contributed by atoms with Gasteiger partial charge in [0.05, 0.1) is 44.6 Å². The smallest absolute Gasteiger partial charge is 0.307 e. The minimum atomic E-state index is -0.401. The predicted molar refractivity (Wildman–Crippen MR) is 140 cm³/mol. The third-order valence-corrected chi connectivity index (χ3v) is 6.96. The topological polar surface area (TPSA) is 66.9 Å². The molecule has 2 heterocycles. The average molecular weight is 516 g/mol.